The molecule has 6 atom stereocenters. The van der Waals surface area contributed by atoms with Crippen LogP contribution in [0.2, 0.25) is 0 Å². The van der Waals surface area contributed by atoms with E-state index >= 15 is 0 Å². The first-order valence-electron chi connectivity index (χ1n) is 24.5. The lowest BCUT2D eigenvalue weighted by molar-refractivity contribution is -0.220. The summed E-state index contributed by atoms with van der Waals surface area (Å²) in [5.41, 5.74) is 0. The van der Waals surface area contributed by atoms with Gasteiger partial charge in [-0.2, -0.15) is 0 Å². The lowest BCUT2D eigenvalue weighted by Crippen LogP contribution is -2.64. The Morgan fingerprint density at radius 3 is 1.25 bits per heavy atom. The molecule has 1 rings (SSSR count). The van der Waals surface area contributed by atoms with Gasteiger partial charge in [-0.15, -0.1) is 0 Å². The third kappa shape index (κ3) is 30.4. The first-order chi connectivity index (χ1) is 29.4. The Bertz CT molecular complexity index is 1120. The number of phosphoric ester groups is 1. The fourth-order valence-electron chi connectivity index (χ4n) is 7.64. The number of ether oxygens (including phenoxy) is 2. The second-order valence-corrected chi connectivity index (χ2v) is 18.7. The largest absolute Gasteiger partial charge is 0.472 e. The standard InChI is InChI=1S/C47H89O13P/c1-3-5-7-9-11-13-15-17-19-20-22-23-25-27-29-31-33-35-40(48)57-37-39(38-58-61(55,56)60-47-45(53)43(51)42(50)44(52)46(47)54)59-41(49)36-34-32-30-28-26-24-21-18-16-14-12-10-8-6-4-2/h20,22,39,42-47,50-54H,3-19,21,23-38H2,1-2H3,(H,55,56). The quantitative estimate of drug-likeness (QED) is 0.0146. The molecule has 360 valence electrons. The number of allylic oxidation sites excluding steroid dienone is 2. The van der Waals surface area contributed by atoms with Crippen LogP contribution in [0.5, 0.6) is 0 Å². The van der Waals surface area contributed by atoms with Gasteiger partial charge in [-0.05, 0) is 38.5 Å². The molecular formula is C47H89O13P. The lowest BCUT2D eigenvalue weighted by atomic mass is 9.85. The molecule has 0 heterocycles. The van der Waals surface area contributed by atoms with Crippen molar-refractivity contribution >= 4 is 19.8 Å². The van der Waals surface area contributed by atoms with E-state index in [-0.39, 0.29) is 12.8 Å². The Morgan fingerprint density at radius 1 is 0.492 bits per heavy atom. The van der Waals surface area contributed by atoms with Crippen molar-refractivity contribution < 1.29 is 63.1 Å². The van der Waals surface area contributed by atoms with Crippen molar-refractivity contribution in [3.05, 3.63) is 12.2 Å². The van der Waals surface area contributed by atoms with E-state index in [1.54, 1.807) is 0 Å². The van der Waals surface area contributed by atoms with E-state index in [9.17, 15) is 44.6 Å². The number of hydrogen-bond donors (Lipinski definition) is 6. The summed E-state index contributed by atoms with van der Waals surface area (Å²) in [4.78, 5) is 35.7. The molecule has 0 spiro atoms. The zero-order valence-electron chi connectivity index (χ0n) is 38.2. The molecule has 0 aliphatic heterocycles. The SMILES string of the molecule is CCCCCCCCCCC=CCCCCCCCC(=O)OCC(COP(=O)(O)OC1C(O)C(O)C(O)C(O)C1O)OC(=O)CCCCCCCCCCCCCCCCC. The normalized spacial score (nSPS) is 22.0. The summed E-state index contributed by atoms with van der Waals surface area (Å²) in [5, 5.41) is 50.2. The number of aliphatic hydroxyl groups is 5. The minimum atomic E-state index is -5.11. The van der Waals surface area contributed by atoms with Gasteiger partial charge < -0.3 is 39.9 Å². The van der Waals surface area contributed by atoms with E-state index in [1.165, 1.54) is 122 Å². The monoisotopic (exact) mass is 893 g/mol. The van der Waals surface area contributed by atoms with Gasteiger partial charge >= 0.3 is 19.8 Å². The van der Waals surface area contributed by atoms with Crippen LogP contribution in [0.4, 0.5) is 0 Å². The van der Waals surface area contributed by atoms with Crippen molar-refractivity contribution in [1.29, 1.82) is 0 Å². The highest BCUT2D eigenvalue weighted by Gasteiger charge is 2.51. The molecule has 6 unspecified atom stereocenters. The van der Waals surface area contributed by atoms with Gasteiger partial charge in [-0.25, -0.2) is 4.57 Å². The summed E-state index contributed by atoms with van der Waals surface area (Å²) in [6, 6.07) is 0. The fourth-order valence-corrected chi connectivity index (χ4v) is 8.61. The van der Waals surface area contributed by atoms with E-state index in [0.29, 0.717) is 12.8 Å². The maximum absolute atomic E-state index is 12.8. The van der Waals surface area contributed by atoms with E-state index < -0.39 is 75.7 Å². The topological polar surface area (TPSA) is 210 Å². The minimum Gasteiger partial charge on any atom is -0.462 e. The molecule has 14 heteroatoms. The van der Waals surface area contributed by atoms with Gasteiger partial charge in [0.1, 0.15) is 43.2 Å². The van der Waals surface area contributed by atoms with Crippen LogP contribution in [-0.4, -0.2) is 98.3 Å². The molecule has 1 fully saturated rings. The van der Waals surface area contributed by atoms with Crippen LogP contribution in [0, 0.1) is 0 Å². The summed E-state index contributed by atoms with van der Waals surface area (Å²) in [6.45, 7) is 3.32. The molecule has 0 aromatic rings. The third-order valence-electron chi connectivity index (χ3n) is 11.6. The van der Waals surface area contributed by atoms with Crippen LogP contribution < -0.4 is 0 Å². The molecule has 1 saturated carbocycles. The fraction of sp³-hybridized carbons (Fsp3) is 0.915. The van der Waals surface area contributed by atoms with Crippen molar-refractivity contribution in [3.8, 4) is 0 Å². The zero-order valence-corrected chi connectivity index (χ0v) is 39.1. The molecule has 1 aliphatic rings. The number of esters is 2. The maximum atomic E-state index is 12.8. The first-order valence-corrected chi connectivity index (χ1v) is 26.0. The number of unbranched alkanes of at least 4 members (excludes halogenated alkanes) is 27. The molecule has 0 aromatic heterocycles. The van der Waals surface area contributed by atoms with Crippen molar-refractivity contribution in [1.82, 2.24) is 0 Å². The zero-order chi connectivity index (χ0) is 45.0. The number of carbonyl (C=O) groups excluding carboxylic acids is 2. The van der Waals surface area contributed by atoms with Crippen LogP contribution in [0.1, 0.15) is 219 Å². The van der Waals surface area contributed by atoms with Crippen molar-refractivity contribution in [2.45, 2.75) is 262 Å². The van der Waals surface area contributed by atoms with Gasteiger partial charge in [0.25, 0.3) is 0 Å². The molecular weight excluding hydrogens is 803 g/mol. The summed E-state index contributed by atoms with van der Waals surface area (Å²) in [6.07, 6.45) is 26.9. The number of phosphoric acid groups is 1. The molecule has 6 N–H and O–H groups in total. The van der Waals surface area contributed by atoms with Gasteiger partial charge in [0.2, 0.25) is 0 Å². The predicted octanol–water partition coefficient (Wildman–Crippen LogP) is 9.84. The third-order valence-corrected chi connectivity index (χ3v) is 12.6. The van der Waals surface area contributed by atoms with E-state index in [0.717, 1.165) is 57.8 Å². The van der Waals surface area contributed by atoms with Crippen LogP contribution in [0.15, 0.2) is 12.2 Å². The van der Waals surface area contributed by atoms with Gasteiger partial charge in [0.15, 0.2) is 6.10 Å². The number of rotatable bonds is 41. The lowest BCUT2D eigenvalue weighted by Gasteiger charge is -2.41. The van der Waals surface area contributed by atoms with Crippen LogP contribution in [-0.2, 0) is 32.7 Å². The molecule has 0 aromatic carbocycles. The van der Waals surface area contributed by atoms with Crippen molar-refractivity contribution in [2.24, 2.45) is 0 Å². The molecule has 0 radical (unpaired) electrons. The van der Waals surface area contributed by atoms with Crippen LogP contribution >= 0.6 is 7.82 Å². The predicted molar refractivity (Wildman–Crippen MR) is 240 cm³/mol. The number of hydrogen-bond acceptors (Lipinski definition) is 12. The van der Waals surface area contributed by atoms with Crippen molar-refractivity contribution in [3.63, 3.8) is 0 Å². The first kappa shape index (κ1) is 57.6. The van der Waals surface area contributed by atoms with E-state index in [4.69, 9.17) is 18.5 Å². The molecule has 13 nitrogen and oxygen atoms in total. The molecule has 0 bridgehead atoms. The maximum Gasteiger partial charge on any atom is 0.472 e. The Hall–Kier alpha value is -1.41. The molecule has 0 amide bonds. The number of carbonyl (C=O) groups is 2. The van der Waals surface area contributed by atoms with E-state index in [1.807, 2.05) is 0 Å². The van der Waals surface area contributed by atoms with Crippen molar-refractivity contribution in [2.75, 3.05) is 13.2 Å². The second kappa shape index (κ2) is 37.9. The highest BCUT2D eigenvalue weighted by molar-refractivity contribution is 7.47. The number of aliphatic hydroxyl groups excluding tert-OH is 5. The van der Waals surface area contributed by atoms with Crippen LogP contribution in [0.3, 0.4) is 0 Å². The summed E-state index contributed by atoms with van der Waals surface area (Å²) < 4.78 is 33.6. The van der Waals surface area contributed by atoms with Gasteiger partial charge in [-0.1, -0.05) is 180 Å². The Balaban J connectivity index is 2.42. The highest BCUT2D eigenvalue weighted by Crippen LogP contribution is 2.47. The average Bonchev–Trinajstić information content (AvgIpc) is 3.24. The summed E-state index contributed by atoms with van der Waals surface area (Å²) >= 11 is 0. The highest BCUT2D eigenvalue weighted by atomic mass is 31.2. The summed E-state index contributed by atoms with van der Waals surface area (Å²) in [5.74, 6) is -1.10. The molecule has 61 heavy (non-hydrogen) atoms. The Labute approximate surface area is 369 Å². The van der Waals surface area contributed by atoms with Gasteiger partial charge in [0.05, 0.1) is 6.61 Å². The second-order valence-electron chi connectivity index (χ2n) is 17.3. The molecule has 1 aliphatic carbocycles. The Kier molecular flexibility index (Phi) is 35.8. The van der Waals surface area contributed by atoms with E-state index in [2.05, 4.69) is 26.0 Å². The van der Waals surface area contributed by atoms with Gasteiger partial charge in [-0.3, -0.25) is 18.6 Å². The van der Waals surface area contributed by atoms with Gasteiger partial charge in [0, 0.05) is 12.8 Å². The average molecular weight is 893 g/mol. The molecule has 0 saturated heterocycles. The summed E-state index contributed by atoms with van der Waals surface area (Å²) in [7, 11) is -5.11. The van der Waals surface area contributed by atoms with Crippen LogP contribution in [0.25, 0.3) is 0 Å². The Morgan fingerprint density at radius 2 is 0.836 bits per heavy atom. The smallest absolute Gasteiger partial charge is 0.462 e. The minimum absolute atomic E-state index is 0.101.